The van der Waals surface area contributed by atoms with Gasteiger partial charge in [0.25, 0.3) is 0 Å². The van der Waals surface area contributed by atoms with Crippen LogP contribution in [0.2, 0.25) is 0 Å². The lowest BCUT2D eigenvalue weighted by molar-refractivity contribution is 0.321. The van der Waals surface area contributed by atoms with E-state index in [4.69, 9.17) is 4.74 Å². The van der Waals surface area contributed by atoms with Gasteiger partial charge in [0.05, 0.1) is 12.4 Å². The quantitative estimate of drug-likeness (QED) is 0.798. The van der Waals surface area contributed by atoms with E-state index < -0.39 is 15.7 Å². The highest BCUT2D eigenvalue weighted by Gasteiger charge is 2.09. The van der Waals surface area contributed by atoms with Crippen molar-refractivity contribution >= 4 is 15.5 Å². The van der Waals surface area contributed by atoms with Gasteiger partial charge in [0.15, 0.2) is 21.4 Å². The van der Waals surface area contributed by atoms with E-state index in [0.29, 0.717) is 18.7 Å². The van der Waals surface area contributed by atoms with Gasteiger partial charge < -0.3 is 10.1 Å². The zero-order chi connectivity index (χ0) is 14.3. The average Bonchev–Trinajstić information content (AvgIpc) is 2.32. The van der Waals surface area contributed by atoms with E-state index in [1.165, 1.54) is 12.1 Å². The van der Waals surface area contributed by atoms with Gasteiger partial charge in [0.2, 0.25) is 0 Å². The fourth-order valence-electron chi connectivity index (χ4n) is 1.65. The summed E-state index contributed by atoms with van der Waals surface area (Å²) in [5, 5.41) is 2.89. The van der Waals surface area contributed by atoms with Gasteiger partial charge in [-0.1, -0.05) is 6.92 Å². The number of hydrogen-bond acceptors (Lipinski definition) is 4. The van der Waals surface area contributed by atoms with Gasteiger partial charge in [0, 0.05) is 24.1 Å². The van der Waals surface area contributed by atoms with Crippen molar-refractivity contribution < 1.29 is 17.5 Å². The van der Waals surface area contributed by atoms with E-state index in [9.17, 15) is 12.8 Å². The van der Waals surface area contributed by atoms with Crippen molar-refractivity contribution in [2.45, 2.75) is 20.3 Å². The summed E-state index contributed by atoms with van der Waals surface area (Å²) in [5.74, 6) is -0.0166. The minimum absolute atomic E-state index is 0.0513. The van der Waals surface area contributed by atoms with Crippen LogP contribution >= 0.6 is 0 Å². The lowest BCUT2D eigenvalue weighted by Crippen LogP contribution is -2.18. The van der Waals surface area contributed by atoms with Crippen molar-refractivity contribution in [2.75, 3.05) is 30.0 Å². The Bertz CT molecular complexity index is 503. The average molecular weight is 289 g/mol. The van der Waals surface area contributed by atoms with Crippen LogP contribution in [-0.4, -0.2) is 33.1 Å². The molecule has 0 aromatic heterocycles. The molecule has 0 heterocycles. The first-order valence-electron chi connectivity index (χ1n) is 6.35. The molecule has 4 nitrogen and oxygen atoms in total. The van der Waals surface area contributed by atoms with Crippen LogP contribution in [0.5, 0.6) is 5.75 Å². The lowest BCUT2D eigenvalue weighted by Gasteiger charge is -2.09. The molecule has 0 aliphatic carbocycles. The summed E-state index contributed by atoms with van der Waals surface area (Å²) < 4.78 is 41.6. The molecule has 0 saturated carbocycles. The third-order valence-electron chi connectivity index (χ3n) is 2.49. The Morgan fingerprint density at radius 3 is 2.58 bits per heavy atom. The monoisotopic (exact) mass is 289 g/mol. The number of halogens is 1. The molecule has 0 saturated heterocycles. The van der Waals surface area contributed by atoms with Crippen LogP contribution in [0.4, 0.5) is 10.1 Å². The summed E-state index contributed by atoms with van der Waals surface area (Å²) in [6.07, 6.45) is 0.611. The summed E-state index contributed by atoms with van der Waals surface area (Å²) in [6.45, 7) is 4.28. The Labute approximate surface area is 113 Å². The molecule has 0 radical (unpaired) electrons. The zero-order valence-corrected chi connectivity index (χ0v) is 12.1. The van der Waals surface area contributed by atoms with Gasteiger partial charge in [-0.25, -0.2) is 12.8 Å². The maximum Gasteiger partial charge on any atom is 0.167 e. The zero-order valence-electron chi connectivity index (χ0n) is 11.3. The number of rotatable bonds is 8. The highest BCUT2D eigenvalue weighted by Crippen LogP contribution is 2.20. The van der Waals surface area contributed by atoms with E-state index in [1.807, 2.05) is 6.92 Å². The van der Waals surface area contributed by atoms with Crippen molar-refractivity contribution in [1.29, 1.82) is 0 Å². The van der Waals surface area contributed by atoms with Crippen LogP contribution in [0.1, 0.15) is 20.3 Å². The van der Waals surface area contributed by atoms with E-state index in [2.05, 4.69) is 5.32 Å². The Kier molecular flexibility index (Phi) is 6.08. The summed E-state index contributed by atoms with van der Waals surface area (Å²) in [7, 11) is -3.01. The maximum absolute atomic E-state index is 13.5. The third-order valence-corrected chi connectivity index (χ3v) is 4.35. The minimum atomic E-state index is -3.01. The standard InChI is InChI=1S/C13H20FNO3S/c1-3-8-19(16,17)9-7-15-11-5-6-13(18-4-2)12(14)10-11/h5-6,10,15H,3-4,7-9H2,1-2H3. The maximum atomic E-state index is 13.5. The van der Waals surface area contributed by atoms with Crippen LogP contribution in [0.25, 0.3) is 0 Å². The summed E-state index contributed by atoms with van der Waals surface area (Å²) in [4.78, 5) is 0. The Morgan fingerprint density at radius 2 is 2.00 bits per heavy atom. The fourth-order valence-corrected chi connectivity index (χ4v) is 2.89. The van der Waals surface area contributed by atoms with Crippen molar-refractivity contribution in [1.82, 2.24) is 0 Å². The SMILES string of the molecule is CCCS(=O)(=O)CCNc1ccc(OCC)c(F)c1. The number of hydrogen-bond donors (Lipinski definition) is 1. The first-order chi connectivity index (χ1) is 8.98. The number of ether oxygens (including phenoxy) is 1. The first kappa shape index (κ1) is 15.8. The molecule has 1 rings (SSSR count). The van der Waals surface area contributed by atoms with Crippen LogP contribution in [0, 0.1) is 5.82 Å². The second-order valence-electron chi connectivity index (χ2n) is 4.16. The van der Waals surface area contributed by atoms with Crippen molar-refractivity contribution in [3.8, 4) is 5.75 Å². The molecule has 0 spiro atoms. The molecule has 0 fully saturated rings. The molecule has 0 atom stereocenters. The second-order valence-corrected chi connectivity index (χ2v) is 6.46. The minimum Gasteiger partial charge on any atom is -0.491 e. The molecule has 0 bridgehead atoms. The van der Waals surface area contributed by atoms with Gasteiger partial charge in [-0.05, 0) is 25.5 Å². The topological polar surface area (TPSA) is 55.4 Å². The normalized spacial score (nSPS) is 11.3. The van der Waals surface area contributed by atoms with E-state index >= 15 is 0 Å². The number of nitrogens with one attached hydrogen (secondary N) is 1. The molecule has 6 heteroatoms. The van der Waals surface area contributed by atoms with Crippen LogP contribution in [0.3, 0.4) is 0 Å². The Morgan fingerprint density at radius 1 is 1.26 bits per heavy atom. The lowest BCUT2D eigenvalue weighted by atomic mass is 10.3. The van der Waals surface area contributed by atoms with Crippen molar-refractivity contribution in [3.05, 3.63) is 24.0 Å². The second kappa shape index (κ2) is 7.33. The molecule has 0 aliphatic rings. The summed E-state index contributed by atoms with van der Waals surface area (Å²) >= 11 is 0. The highest BCUT2D eigenvalue weighted by atomic mass is 32.2. The largest absolute Gasteiger partial charge is 0.491 e. The first-order valence-corrected chi connectivity index (χ1v) is 8.17. The summed E-state index contributed by atoms with van der Waals surface area (Å²) in [6, 6.07) is 4.50. The van der Waals surface area contributed by atoms with Crippen molar-refractivity contribution in [3.63, 3.8) is 0 Å². The molecule has 0 aliphatic heterocycles. The molecule has 1 N–H and O–H groups in total. The van der Waals surface area contributed by atoms with Gasteiger partial charge >= 0.3 is 0 Å². The molecule has 1 aromatic carbocycles. The predicted molar refractivity (Wildman–Crippen MR) is 75.0 cm³/mol. The number of benzene rings is 1. The molecular formula is C13H20FNO3S. The van der Waals surface area contributed by atoms with Crippen LogP contribution < -0.4 is 10.1 Å². The van der Waals surface area contributed by atoms with Gasteiger partial charge in [0.1, 0.15) is 0 Å². The molecule has 108 valence electrons. The highest BCUT2D eigenvalue weighted by molar-refractivity contribution is 7.91. The number of sulfone groups is 1. The van der Waals surface area contributed by atoms with E-state index in [0.717, 1.165) is 0 Å². The predicted octanol–water partition coefficient (Wildman–Crippen LogP) is 2.46. The van der Waals surface area contributed by atoms with E-state index in [-0.39, 0.29) is 23.8 Å². The fraction of sp³-hybridized carbons (Fsp3) is 0.538. The summed E-state index contributed by atoms with van der Waals surface area (Å²) in [5.41, 5.74) is 0.549. The van der Waals surface area contributed by atoms with Crippen LogP contribution in [0.15, 0.2) is 18.2 Å². The van der Waals surface area contributed by atoms with Crippen LogP contribution in [-0.2, 0) is 9.84 Å². The Hall–Kier alpha value is -1.30. The smallest absolute Gasteiger partial charge is 0.167 e. The molecule has 0 unspecified atom stereocenters. The third kappa shape index (κ3) is 5.46. The molecule has 0 amide bonds. The van der Waals surface area contributed by atoms with Gasteiger partial charge in [-0.15, -0.1) is 0 Å². The molecular weight excluding hydrogens is 269 g/mol. The van der Waals surface area contributed by atoms with Crippen molar-refractivity contribution in [2.24, 2.45) is 0 Å². The number of anilines is 1. The molecule has 19 heavy (non-hydrogen) atoms. The van der Waals surface area contributed by atoms with Gasteiger partial charge in [-0.2, -0.15) is 0 Å². The van der Waals surface area contributed by atoms with E-state index in [1.54, 1.807) is 13.0 Å². The van der Waals surface area contributed by atoms with Gasteiger partial charge in [-0.3, -0.25) is 0 Å². The molecule has 1 aromatic rings. The Balaban J connectivity index is 2.52.